The van der Waals surface area contributed by atoms with Crippen molar-refractivity contribution in [2.24, 2.45) is 7.05 Å². The van der Waals surface area contributed by atoms with E-state index in [9.17, 15) is 4.79 Å². The number of likely N-dealkylation sites (N-methyl/N-ethyl adjacent to an activating group) is 1. The number of rotatable bonds is 3. The molecule has 2 aromatic rings. The molecule has 0 saturated carbocycles. The Kier molecular flexibility index (Phi) is 3.70. The van der Waals surface area contributed by atoms with E-state index in [1.54, 1.807) is 19.3 Å². The SMILES string of the molecule is CN1CC[C@H](c2ccc(Nc3ccnn(C)c3=O)nc2)C1. The van der Waals surface area contributed by atoms with Crippen LogP contribution in [0, 0.1) is 0 Å². The third-order valence-electron chi connectivity index (χ3n) is 3.92. The van der Waals surface area contributed by atoms with E-state index in [0.29, 0.717) is 17.4 Å². The van der Waals surface area contributed by atoms with Gasteiger partial charge >= 0.3 is 0 Å². The lowest BCUT2D eigenvalue weighted by atomic mass is 10.0. The zero-order valence-electron chi connectivity index (χ0n) is 12.3. The first-order valence-electron chi connectivity index (χ1n) is 7.07. The molecule has 0 unspecified atom stereocenters. The van der Waals surface area contributed by atoms with Crippen LogP contribution in [0.5, 0.6) is 0 Å². The van der Waals surface area contributed by atoms with Crippen LogP contribution in [0.1, 0.15) is 17.9 Å². The largest absolute Gasteiger partial charge is 0.336 e. The third-order valence-corrected chi connectivity index (χ3v) is 3.92. The first kappa shape index (κ1) is 13.8. The van der Waals surface area contributed by atoms with Gasteiger partial charge in [-0.05, 0) is 43.6 Å². The Hall–Kier alpha value is -2.21. The highest BCUT2D eigenvalue weighted by molar-refractivity contribution is 5.54. The highest BCUT2D eigenvalue weighted by Gasteiger charge is 2.21. The molecule has 1 N–H and O–H groups in total. The summed E-state index contributed by atoms with van der Waals surface area (Å²) >= 11 is 0. The van der Waals surface area contributed by atoms with Gasteiger partial charge in [0.05, 0.1) is 0 Å². The highest BCUT2D eigenvalue weighted by atomic mass is 16.1. The van der Waals surface area contributed by atoms with Gasteiger partial charge in [0.1, 0.15) is 11.5 Å². The van der Waals surface area contributed by atoms with Gasteiger partial charge in [-0.25, -0.2) is 9.67 Å². The number of likely N-dealkylation sites (tertiary alicyclic amines) is 1. The van der Waals surface area contributed by atoms with Crippen LogP contribution in [0.15, 0.2) is 35.4 Å². The molecular weight excluding hydrogens is 266 g/mol. The topological polar surface area (TPSA) is 63.1 Å². The predicted molar refractivity (Wildman–Crippen MR) is 81.9 cm³/mol. The van der Waals surface area contributed by atoms with Gasteiger partial charge in [0, 0.05) is 26.0 Å². The van der Waals surface area contributed by atoms with E-state index in [2.05, 4.69) is 33.4 Å². The molecule has 1 aliphatic heterocycles. The van der Waals surface area contributed by atoms with Gasteiger partial charge in [-0.3, -0.25) is 4.79 Å². The summed E-state index contributed by atoms with van der Waals surface area (Å²) in [5.74, 6) is 1.23. The molecule has 6 heteroatoms. The first-order valence-corrected chi connectivity index (χ1v) is 7.07. The molecule has 21 heavy (non-hydrogen) atoms. The van der Waals surface area contributed by atoms with Crippen molar-refractivity contribution >= 4 is 11.5 Å². The normalized spacial score (nSPS) is 18.9. The van der Waals surface area contributed by atoms with E-state index in [-0.39, 0.29) is 5.56 Å². The van der Waals surface area contributed by atoms with Crippen LogP contribution in [0.2, 0.25) is 0 Å². The monoisotopic (exact) mass is 285 g/mol. The summed E-state index contributed by atoms with van der Waals surface area (Å²) < 4.78 is 1.30. The van der Waals surface area contributed by atoms with Crippen molar-refractivity contribution in [3.8, 4) is 0 Å². The number of aryl methyl sites for hydroxylation is 1. The molecule has 6 nitrogen and oxygen atoms in total. The van der Waals surface area contributed by atoms with Crippen LogP contribution in [-0.4, -0.2) is 39.8 Å². The van der Waals surface area contributed by atoms with E-state index in [4.69, 9.17) is 0 Å². The number of nitrogens with zero attached hydrogens (tertiary/aromatic N) is 4. The Bertz CT molecular complexity index is 679. The summed E-state index contributed by atoms with van der Waals surface area (Å²) in [6.07, 6.45) is 4.67. The number of hydrogen-bond donors (Lipinski definition) is 1. The molecule has 0 bridgehead atoms. The standard InChI is InChI=1S/C15H19N5O/c1-19-8-6-12(10-19)11-3-4-14(16-9-11)18-13-5-7-17-20(2)15(13)21/h3-5,7,9,12H,6,8,10H2,1-2H3,(H,16,18)/t12-/m0/s1. The maximum absolute atomic E-state index is 11.9. The quantitative estimate of drug-likeness (QED) is 0.922. The number of anilines is 2. The van der Waals surface area contributed by atoms with Crippen molar-refractivity contribution in [2.45, 2.75) is 12.3 Å². The number of aromatic nitrogens is 3. The van der Waals surface area contributed by atoms with Gasteiger partial charge in [0.25, 0.3) is 5.56 Å². The van der Waals surface area contributed by atoms with Crippen molar-refractivity contribution in [3.63, 3.8) is 0 Å². The predicted octanol–water partition coefficient (Wildman–Crippen LogP) is 1.34. The molecule has 2 aromatic heterocycles. The Balaban J connectivity index is 1.75. The van der Waals surface area contributed by atoms with Gasteiger partial charge in [-0.2, -0.15) is 5.10 Å². The Morgan fingerprint density at radius 1 is 1.29 bits per heavy atom. The van der Waals surface area contributed by atoms with E-state index in [1.165, 1.54) is 16.7 Å². The summed E-state index contributed by atoms with van der Waals surface area (Å²) in [6, 6.07) is 5.67. The average Bonchev–Trinajstić information content (AvgIpc) is 2.91. The molecule has 110 valence electrons. The van der Waals surface area contributed by atoms with Crippen molar-refractivity contribution in [1.29, 1.82) is 0 Å². The summed E-state index contributed by atoms with van der Waals surface area (Å²) in [6.45, 7) is 2.22. The number of nitrogens with one attached hydrogen (secondary N) is 1. The minimum atomic E-state index is -0.166. The summed E-state index contributed by atoms with van der Waals surface area (Å²) in [5, 5.41) is 6.94. The second kappa shape index (κ2) is 5.65. The average molecular weight is 285 g/mol. The minimum Gasteiger partial charge on any atom is -0.336 e. The summed E-state index contributed by atoms with van der Waals surface area (Å²) in [4.78, 5) is 18.6. The maximum atomic E-state index is 11.9. The molecular formula is C15H19N5O. The molecule has 1 aliphatic rings. The maximum Gasteiger partial charge on any atom is 0.290 e. The lowest BCUT2D eigenvalue weighted by molar-refractivity contribution is 0.411. The first-order chi connectivity index (χ1) is 10.1. The van der Waals surface area contributed by atoms with E-state index in [1.807, 2.05) is 12.3 Å². The van der Waals surface area contributed by atoms with Gasteiger partial charge < -0.3 is 10.2 Å². The highest BCUT2D eigenvalue weighted by Crippen LogP contribution is 2.26. The Labute approximate surface area is 123 Å². The van der Waals surface area contributed by atoms with Crippen LogP contribution in [0.3, 0.4) is 0 Å². The van der Waals surface area contributed by atoms with E-state index >= 15 is 0 Å². The third kappa shape index (κ3) is 2.95. The fraction of sp³-hybridized carbons (Fsp3) is 0.400. The van der Waals surface area contributed by atoms with E-state index < -0.39 is 0 Å². The van der Waals surface area contributed by atoms with Crippen LogP contribution in [-0.2, 0) is 7.05 Å². The van der Waals surface area contributed by atoms with Crippen molar-refractivity contribution in [3.05, 3.63) is 46.5 Å². The molecule has 0 radical (unpaired) electrons. The summed E-state index contributed by atoms with van der Waals surface area (Å²) in [7, 11) is 3.77. The lowest BCUT2D eigenvalue weighted by Gasteiger charge is -2.11. The van der Waals surface area contributed by atoms with Crippen LogP contribution >= 0.6 is 0 Å². The van der Waals surface area contributed by atoms with Crippen molar-refractivity contribution in [1.82, 2.24) is 19.7 Å². The molecule has 0 amide bonds. The minimum absolute atomic E-state index is 0.166. The zero-order valence-corrected chi connectivity index (χ0v) is 12.3. The molecule has 1 saturated heterocycles. The smallest absolute Gasteiger partial charge is 0.290 e. The molecule has 0 aromatic carbocycles. The van der Waals surface area contributed by atoms with Crippen LogP contribution in [0.4, 0.5) is 11.5 Å². The second-order valence-electron chi connectivity index (χ2n) is 5.52. The lowest BCUT2D eigenvalue weighted by Crippen LogP contribution is -2.21. The Morgan fingerprint density at radius 3 is 2.81 bits per heavy atom. The number of pyridine rings is 1. The van der Waals surface area contributed by atoms with Gasteiger partial charge in [-0.15, -0.1) is 0 Å². The van der Waals surface area contributed by atoms with Crippen molar-refractivity contribution in [2.75, 3.05) is 25.5 Å². The fourth-order valence-corrected chi connectivity index (χ4v) is 2.67. The molecule has 3 rings (SSSR count). The second-order valence-corrected chi connectivity index (χ2v) is 5.52. The van der Waals surface area contributed by atoms with Gasteiger partial charge in [0.2, 0.25) is 0 Å². The van der Waals surface area contributed by atoms with Crippen LogP contribution < -0.4 is 10.9 Å². The van der Waals surface area contributed by atoms with Crippen LogP contribution in [0.25, 0.3) is 0 Å². The Morgan fingerprint density at radius 2 is 2.14 bits per heavy atom. The number of hydrogen-bond acceptors (Lipinski definition) is 5. The molecule has 0 spiro atoms. The molecule has 1 fully saturated rings. The van der Waals surface area contributed by atoms with E-state index in [0.717, 1.165) is 13.1 Å². The van der Waals surface area contributed by atoms with Gasteiger partial charge in [-0.1, -0.05) is 6.07 Å². The zero-order chi connectivity index (χ0) is 14.8. The fourth-order valence-electron chi connectivity index (χ4n) is 2.67. The summed E-state index contributed by atoms with van der Waals surface area (Å²) in [5.41, 5.74) is 1.57. The molecule has 1 atom stereocenters. The molecule has 3 heterocycles. The van der Waals surface area contributed by atoms with Crippen molar-refractivity contribution < 1.29 is 0 Å². The van der Waals surface area contributed by atoms with Gasteiger partial charge in [0.15, 0.2) is 0 Å². The molecule has 0 aliphatic carbocycles.